The third-order valence-electron chi connectivity index (χ3n) is 4.09. The van der Waals surface area contributed by atoms with Crippen LogP contribution in [0.15, 0.2) is 12.2 Å². The van der Waals surface area contributed by atoms with Gasteiger partial charge in [-0.1, -0.05) is 83.2 Å². The average Bonchev–Trinajstić information content (AvgIpc) is 2.32. The Kier molecular flexibility index (Phi) is 9.88. The lowest BCUT2D eigenvalue weighted by molar-refractivity contribution is 0.212. The molecule has 0 aliphatic rings. The summed E-state index contributed by atoms with van der Waals surface area (Å²) in [5, 5.41) is 0. The third-order valence-corrected chi connectivity index (χ3v) is 10.8. The van der Waals surface area contributed by atoms with Crippen LogP contribution in [0.3, 0.4) is 0 Å². The maximum absolute atomic E-state index is 6.77. The van der Waals surface area contributed by atoms with Gasteiger partial charge in [0.2, 0.25) is 8.32 Å². The maximum atomic E-state index is 6.77. The van der Waals surface area contributed by atoms with E-state index in [2.05, 4.69) is 83.2 Å². The van der Waals surface area contributed by atoms with E-state index in [1.54, 1.807) is 0 Å². The molecular weight excluding hydrogens is 363 g/mol. The van der Waals surface area contributed by atoms with Crippen LogP contribution in [0.2, 0.25) is 16.6 Å². The third kappa shape index (κ3) is 5.50. The molecule has 1 atom stereocenters. The monoisotopic (exact) mass is 396 g/mol. The predicted molar refractivity (Wildman–Crippen MR) is 98.9 cm³/mol. The fourth-order valence-corrected chi connectivity index (χ4v) is 9.19. The molecule has 1 unspecified atom stereocenters. The standard InChI is InChI=1S/C16H33IOSi/c1-8-16(11-9-10-12-17)18-19(13(2)3,14(4)5)15(6)7/h9,11,13-16H,8,10,12H2,1-7H3. The molecule has 0 heterocycles. The summed E-state index contributed by atoms with van der Waals surface area (Å²) < 4.78 is 7.95. The van der Waals surface area contributed by atoms with Crippen molar-refractivity contribution >= 4 is 30.9 Å². The Balaban J connectivity index is 5.07. The van der Waals surface area contributed by atoms with Crippen molar-refractivity contribution in [1.29, 1.82) is 0 Å². The molecule has 19 heavy (non-hydrogen) atoms. The molecule has 0 aliphatic heterocycles. The summed E-state index contributed by atoms with van der Waals surface area (Å²) in [6.07, 6.45) is 7.13. The molecule has 0 N–H and O–H groups in total. The van der Waals surface area contributed by atoms with Crippen molar-refractivity contribution in [3.05, 3.63) is 12.2 Å². The van der Waals surface area contributed by atoms with Crippen molar-refractivity contribution in [2.24, 2.45) is 0 Å². The highest BCUT2D eigenvalue weighted by molar-refractivity contribution is 14.1. The van der Waals surface area contributed by atoms with Crippen LogP contribution in [-0.4, -0.2) is 18.8 Å². The highest BCUT2D eigenvalue weighted by Crippen LogP contribution is 2.43. The van der Waals surface area contributed by atoms with Crippen molar-refractivity contribution in [2.75, 3.05) is 4.43 Å². The van der Waals surface area contributed by atoms with Gasteiger partial charge in [-0.2, -0.15) is 0 Å². The second-order valence-electron chi connectivity index (χ2n) is 6.29. The van der Waals surface area contributed by atoms with Crippen LogP contribution >= 0.6 is 22.6 Å². The van der Waals surface area contributed by atoms with Crippen LogP contribution < -0.4 is 0 Å². The Morgan fingerprint density at radius 3 is 1.79 bits per heavy atom. The van der Waals surface area contributed by atoms with E-state index in [1.165, 1.54) is 4.43 Å². The normalized spacial score (nSPS) is 15.1. The highest BCUT2D eigenvalue weighted by atomic mass is 127. The number of hydrogen-bond acceptors (Lipinski definition) is 1. The zero-order valence-electron chi connectivity index (χ0n) is 13.9. The van der Waals surface area contributed by atoms with Gasteiger partial charge >= 0.3 is 0 Å². The molecule has 0 aliphatic carbocycles. The average molecular weight is 396 g/mol. The van der Waals surface area contributed by atoms with Gasteiger partial charge in [0.05, 0.1) is 6.10 Å². The molecule has 0 fully saturated rings. The highest BCUT2D eigenvalue weighted by Gasteiger charge is 2.46. The van der Waals surface area contributed by atoms with Crippen molar-refractivity contribution in [2.45, 2.75) is 84.0 Å². The van der Waals surface area contributed by atoms with Crippen molar-refractivity contribution in [3.63, 3.8) is 0 Å². The molecule has 0 bridgehead atoms. The molecule has 1 nitrogen and oxygen atoms in total. The molecule has 0 radical (unpaired) electrons. The molecule has 0 aromatic carbocycles. The summed E-state index contributed by atoms with van der Waals surface area (Å²) in [5.41, 5.74) is 2.00. The van der Waals surface area contributed by atoms with Gasteiger partial charge < -0.3 is 4.43 Å². The summed E-state index contributed by atoms with van der Waals surface area (Å²) in [5.74, 6) is 0. The minimum Gasteiger partial charge on any atom is -0.410 e. The van der Waals surface area contributed by atoms with Crippen molar-refractivity contribution in [3.8, 4) is 0 Å². The first kappa shape index (κ1) is 19.6. The van der Waals surface area contributed by atoms with Crippen LogP contribution in [-0.2, 0) is 4.43 Å². The van der Waals surface area contributed by atoms with Gasteiger partial charge in [0.15, 0.2) is 0 Å². The Morgan fingerprint density at radius 2 is 1.47 bits per heavy atom. The molecule has 0 aromatic rings. The molecule has 0 rings (SSSR count). The number of allylic oxidation sites excluding steroid dienone is 1. The minimum atomic E-state index is -1.72. The zero-order valence-corrected chi connectivity index (χ0v) is 17.0. The Hall–Kier alpha value is 0.647. The molecule has 0 amide bonds. The number of alkyl halides is 1. The number of halogens is 1. The maximum Gasteiger partial charge on any atom is 0.201 e. The first-order valence-corrected chi connectivity index (χ1v) is 11.4. The van der Waals surface area contributed by atoms with E-state index in [4.69, 9.17) is 4.43 Å². The first-order valence-electron chi connectivity index (χ1n) is 7.73. The largest absolute Gasteiger partial charge is 0.410 e. The summed E-state index contributed by atoms with van der Waals surface area (Å²) in [4.78, 5) is 0. The van der Waals surface area contributed by atoms with E-state index in [1.807, 2.05) is 0 Å². The SMILES string of the molecule is CCC(C=CCCI)O[Si](C(C)C)(C(C)C)C(C)C. The topological polar surface area (TPSA) is 9.23 Å². The fourth-order valence-electron chi connectivity index (χ4n) is 3.24. The van der Waals surface area contributed by atoms with Crippen LogP contribution in [0, 0.1) is 0 Å². The van der Waals surface area contributed by atoms with E-state index in [0.717, 1.165) is 12.8 Å². The van der Waals surface area contributed by atoms with Crippen molar-refractivity contribution < 1.29 is 4.43 Å². The van der Waals surface area contributed by atoms with Crippen LogP contribution in [0.25, 0.3) is 0 Å². The molecule has 0 spiro atoms. The lowest BCUT2D eigenvalue weighted by Gasteiger charge is -2.44. The Labute approximate surface area is 135 Å². The van der Waals surface area contributed by atoms with Crippen LogP contribution in [0.5, 0.6) is 0 Å². The minimum absolute atomic E-state index is 0.307. The lowest BCUT2D eigenvalue weighted by Crippen LogP contribution is -2.49. The predicted octanol–water partition coefficient (Wildman–Crippen LogP) is 6.34. The zero-order chi connectivity index (χ0) is 15.1. The van der Waals surface area contributed by atoms with E-state index < -0.39 is 8.32 Å². The number of hydrogen-bond donors (Lipinski definition) is 0. The number of rotatable bonds is 9. The van der Waals surface area contributed by atoms with E-state index in [-0.39, 0.29) is 0 Å². The quantitative estimate of drug-likeness (QED) is 0.191. The fraction of sp³-hybridized carbons (Fsp3) is 0.875. The summed E-state index contributed by atoms with van der Waals surface area (Å²) in [7, 11) is -1.72. The first-order chi connectivity index (χ1) is 8.82. The van der Waals surface area contributed by atoms with Gasteiger partial charge in [0.1, 0.15) is 0 Å². The van der Waals surface area contributed by atoms with Gasteiger partial charge in [-0.05, 0) is 29.5 Å². The summed E-state index contributed by atoms with van der Waals surface area (Å²) in [6, 6.07) is 0. The smallest absolute Gasteiger partial charge is 0.201 e. The second kappa shape index (κ2) is 9.56. The van der Waals surface area contributed by atoms with Gasteiger partial charge in [-0.25, -0.2) is 0 Å². The van der Waals surface area contributed by atoms with Gasteiger partial charge in [-0.3, -0.25) is 0 Å². The molecule has 3 heteroatoms. The Bertz CT molecular complexity index is 240. The van der Waals surface area contributed by atoms with Crippen LogP contribution in [0.1, 0.15) is 61.3 Å². The van der Waals surface area contributed by atoms with E-state index in [0.29, 0.717) is 22.7 Å². The molecule has 0 aromatic heterocycles. The van der Waals surface area contributed by atoms with E-state index in [9.17, 15) is 0 Å². The van der Waals surface area contributed by atoms with Crippen LogP contribution in [0.4, 0.5) is 0 Å². The molecule has 0 saturated heterocycles. The van der Waals surface area contributed by atoms with E-state index >= 15 is 0 Å². The van der Waals surface area contributed by atoms with Gasteiger partial charge in [-0.15, -0.1) is 0 Å². The molecule has 114 valence electrons. The lowest BCUT2D eigenvalue weighted by atomic mass is 10.2. The van der Waals surface area contributed by atoms with Gasteiger partial charge in [0.25, 0.3) is 0 Å². The summed E-state index contributed by atoms with van der Waals surface area (Å²) in [6.45, 7) is 16.4. The molecular formula is C16H33IOSi. The second-order valence-corrected chi connectivity index (χ2v) is 12.8. The van der Waals surface area contributed by atoms with Crippen molar-refractivity contribution in [1.82, 2.24) is 0 Å². The van der Waals surface area contributed by atoms with Gasteiger partial charge in [0, 0.05) is 4.43 Å². The molecule has 0 saturated carbocycles. The summed E-state index contributed by atoms with van der Waals surface area (Å²) >= 11 is 2.42. The Morgan fingerprint density at radius 1 is 1.00 bits per heavy atom.